The summed E-state index contributed by atoms with van der Waals surface area (Å²) in [5.41, 5.74) is 3.33. The number of rotatable bonds is 8. The lowest BCUT2D eigenvalue weighted by atomic mass is 10.2. The van der Waals surface area contributed by atoms with E-state index in [9.17, 15) is 19.2 Å². The van der Waals surface area contributed by atoms with Crippen molar-refractivity contribution in [1.82, 2.24) is 9.13 Å². The monoisotopic (exact) mass is 694 g/mol. The fourth-order valence-corrected chi connectivity index (χ4v) is 7.05. The maximum atomic E-state index is 13.0. The van der Waals surface area contributed by atoms with E-state index in [1.807, 2.05) is 14.1 Å². The average molecular weight is 695 g/mol. The summed E-state index contributed by atoms with van der Waals surface area (Å²) in [6, 6.07) is 23.7. The van der Waals surface area contributed by atoms with Gasteiger partial charge < -0.3 is 23.3 Å². The average Bonchev–Trinajstić information content (AvgIpc) is 3.59. The summed E-state index contributed by atoms with van der Waals surface area (Å²) in [6.07, 6.45) is 0. The van der Waals surface area contributed by atoms with Gasteiger partial charge >= 0.3 is 11.9 Å². The molecule has 2 aromatic heterocycles. The highest BCUT2D eigenvalue weighted by atomic mass is 32.1. The molecule has 0 aliphatic heterocycles. The number of hydrogen-bond acceptors (Lipinski definition) is 9. The minimum absolute atomic E-state index is 0.287. The largest absolute Gasteiger partial charge is 0.462 e. The number of benzene rings is 4. The first-order valence-corrected chi connectivity index (χ1v) is 16.9. The van der Waals surface area contributed by atoms with E-state index in [2.05, 4.69) is 9.98 Å². The van der Waals surface area contributed by atoms with Gasteiger partial charge in [-0.05, 0) is 98.8 Å². The van der Waals surface area contributed by atoms with Gasteiger partial charge in [0, 0.05) is 25.2 Å². The van der Waals surface area contributed by atoms with Crippen molar-refractivity contribution in [3.63, 3.8) is 0 Å². The molecule has 6 rings (SSSR count). The summed E-state index contributed by atoms with van der Waals surface area (Å²) in [7, 11) is 3.62. The molecule has 2 heterocycles. The van der Waals surface area contributed by atoms with Crippen molar-refractivity contribution in [1.29, 1.82) is 0 Å². The molecule has 248 valence electrons. The number of amides is 2. The molecule has 0 bridgehead atoms. The van der Waals surface area contributed by atoms with Crippen molar-refractivity contribution >= 4 is 66.9 Å². The van der Waals surface area contributed by atoms with Crippen LogP contribution in [0.3, 0.4) is 0 Å². The van der Waals surface area contributed by atoms with E-state index in [0.717, 1.165) is 20.4 Å². The molecule has 11 nitrogen and oxygen atoms in total. The van der Waals surface area contributed by atoms with Crippen molar-refractivity contribution in [2.45, 2.75) is 13.8 Å². The molecular weight excluding hydrogens is 665 g/mol. The van der Waals surface area contributed by atoms with Gasteiger partial charge in [0.1, 0.15) is 11.5 Å². The van der Waals surface area contributed by atoms with Crippen molar-refractivity contribution in [3.05, 3.63) is 117 Å². The lowest BCUT2D eigenvalue weighted by molar-refractivity contribution is 0.0517. The predicted octanol–water partition coefficient (Wildman–Crippen LogP) is 6.42. The van der Waals surface area contributed by atoms with E-state index in [4.69, 9.17) is 14.2 Å². The standard InChI is InChI=1S/C36H30N4O7S2/c1-5-45-33(43)23-11-17-27-29(19-23)48-35(39(27)3)37-31(41)21-7-13-25(14-8-21)47-26-15-9-22(10-16-26)32(42)38-36-40(4)28-18-12-24(20-30(28)49-36)34(44)46-6-2/h7-20H,5-6H2,1-4H3. The molecule has 0 aliphatic rings. The quantitative estimate of drug-likeness (QED) is 0.168. The van der Waals surface area contributed by atoms with Gasteiger partial charge in [0.25, 0.3) is 11.8 Å². The molecule has 2 amide bonds. The second-order valence-corrected chi connectivity index (χ2v) is 12.7. The molecular formula is C36H30N4O7S2. The highest BCUT2D eigenvalue weighted by Gasteiger charge is 2.14. The zero-order chi connectivity index (χ0) is 34.7. The molecule has 0 aliphatic carbocycles. The summed E-state index contributed by atoms with van der Waals surface area (Å²) in [6.45, 7) is 4.08. The van der Waals surface area contributed by atoms with Gasteiger partial charge in [-0.3, -0.25) is 9.59 Å². The Labute approximate surface area is 288 Å². The van der Waals surface area contributed by atoms with Crippen LogP contribution in [0.15, 0.2) is 94.9 Å². The van der Waals surface area contributed by atoms with Gasteiger partial charge in [-0.2, -0.15) is 9.98 Å². The van der Waals surface area contributed by atoms with Crippen molar-refractivity contribution in [3.8, 4) is 11.5 Å². The van der Waals surface area contributed by atoms with E-state index in [1.54, 1.807) is 108 Å². The molecule has 13 heteroatoms. The van der Waals surface area contributed by atoms with Crippen LogP contribution in [0.4, 0.5) is 0 Å². The van der Waals surface area contributed by atoms with E-state index in [-0.39, 0.29) is 13.2 Å². The van der Waals surface area contributed by atoms with Crippen LogP contribution in [-0.2, 0) is 23.6 Å². The lowest BCUT2D eigenvalue weighted by Gasteiger charge is -2.06. The van der Waals surface area contributed by atoms with Crippen molar-refractivity contribution in [2.24, 2.45) is 24.1 Å². The molecule has 49 heavy (non-hydrogen) atoms. The highest BCUT2D eigenvalue weighted by Crippen LogP contribution is 2.24. The Balaban J connectivity index is 1.13. The van der Waals surface area contributed by atoms with Gasteiger partial charge in [-0.1, -0.05) is 22.7 Å². The van der Waals surface area contributed by atoms with Crippen LogP contribution >= 0.6 is 22.7 Å². The lowest BCUT2D eigenvalue weighted by Crippen LogP contribution is -2.13. The van der Waals surface area contributed by atoms with E-state index < -0.39 is 23.8 Å². The summed E-state index contributed by atoms with van der Waals surface area (Å²) in [5, 5.41) is 0. The fraction of sp³-hybridized carbons (Fsp3) is 0.167. The SMILES string of the molecule is CCOC(=O)c1ccc2c(c1)sc(=NC(=O)c1ccc(Oc3ccc(C(=O)N=c4sc5cc(C(=O)OCC)ccc5n4C)cc3)cc1)n2C. The Morgan fingerprint density at radius 3 is 1.31 bits per heavy atom. The third-order valence-electron chi connectivity index (χ3n) is 7.47. The number of aryl methyl sites for hydroxylation is 2. The van der Waals surface area contributed by atoms with E-state index >= 15 is 0 Å². The first kappa shape index (κ1) is 33.2. The third kappa shape index (κ3) is 7.12. The minimum Gasteiger partial charge on any atom is -0.462 e. The summed E-state index contributed by atoms with van der Waals surface area (Å²) >= 11 is 2.61. The summed E-state index contributed by atoms with van der Waals surface area (Å²) in [4.78, 5) is 59.8. The van der Waals surface area contributed by atoms with Crippen LogP contribution < -0.4 is 14.3 Å². The minimum atomic E-state index is -0.419. The van der Waals surface area contributed by atoms with Crippen LogP contribution in [0.25, 0.3) is 20.4 Å². The second-order valence-electron chi connectivity index (χ2n) is 10.7. The molecule has 0 N–H and O–H groups in total. The van der Waals surface area contributed by atoms with Gasteiger partial charge in [0.2, 0.25) is 0 Å². The molecule has 0 atom stereocenters. The predicted molar refractivity (Wildman–Crippen MR) is 186 cm³/mol. The molecule has 0 saturated carbocycles. The molecule has 6 aromatic rings. The van der Waals surface area contributed by atoms with Gasteiger partial charge in [0.15, 0.2) is 9.60 Å². The van der Waals surface area contributed by atoms with Crippen molar-refractivity contribution in [2.75, 3.05) is 13.2 Å². The molecule has 0 saturated heterocycles. The number of hydrogen-bond donors (Lipinski definition) is 0. The number of esters is 2. The van der Waals surface area contributed by atoms with Crippen LogP contribution in [0.2, 0.25) is 0 Å². The van der Waals surface area contributed by atoms with Gasteiger partial charge in [0.05, 0.1) is 44.8 Å². The third-order valence-corrected chi connectivity index (χ3v) is 9.66. The van der Waals surface area contributed by atoms with Crippen LogP contribution in [-0.4, -0.2) is 46.1 Å². The number of thiazole rings is 2. The molecule has 0 unspecified atom stereocenters. The topological polar surface area (TPSA) is 131 Å². The number of aromatic nitrogens is 2. The number of carbonyl (C=O) groups excluding carboxylic acids is 4. The Kier molecular flexibility index (Phi) is 9.65. The molecule has 4 aromatic carbocycles. The van der Waals surface area contributed by atoms with Crippen LogP contribution in [0.1, 0.15) is 55.3 Å². The van der Waals surface area contributed by atoms with E-state index in [1.165, 1.54) is 22.7 Å². The smallest absolute Gasteiger partial charge is 0.338 e. The van der Waals surface area contributed by atoms with Crippen molar-refractivity contribution < 1.29 is 33.4 Å². The first-order chi connectivity index (χ1) is 23.6. The highest BCUT2D eigenvalue weighted by molar-refractivity contribution is 7.16. The summed E-state index contributed by atoms with van der Waals surface area (Å²) in [5.74, 6) is -0.640. The summed E-state index contributed by atoms with van der Waals surface area (Å²) < 4.78 is 21.3. The molecule has 0 fully saturated rings. The van der Waals surface area contributed by atoms with Crippen LogP contribution in [0, 0.1) is 0 Å². The number of fused-ring (bicyclic) bond motifs is 2. The Bertz CT molecular complexity index is 2210. The number of carbonyl (C=O) groups is 4. The number of ether oxygens (including phenoxy) is 3. The maximum absolute atomic E-state index is 13.0. The van der Waals surface area contributed by atoms with E-state index in [0.29, 0.717) is 43.4 Å². The Hall–Kier alpha value is -5.66. The first-order valence-electron chi connectivity index (χ1n) is 15.2. The molecule has 0 radical (unpaired) electrons. The zero-order valence-electron chi connectivity index (χ0n) is 27.0. The zero-order valence-corrected chi connectivity index (χ0v) is 28.6. The fourth-order valence-electron chi connectivity index (χ4n) is 4.93. The molecule has 0 spiro atoms. The Morgan fingerprint density at radius 1 is 0.571 bits per heavy atom. The second kappa shape index (κ2) is 14.2. The Morgan fingerprint density at radius 2 is 0.939 bits per heavy atom. The number of nitrogens with zero attached hydrogens (tertiary/aromatic N) is 4. The van der Waals surface area contributed by atoms with Gasteiger partial charge in [-0.25, -0.2) is 9.59 Å². The van der Waals surface area contributed by atoms with Crippen LogP contribution in [0.5, 0.6) is 11.5 Å². The maximum Gasteiger partial charge on any atom is 0.338 e. The normalized spacial score (nSPS) is 12.0. The van der Waals surface area contributed by atoms with Gasteiger partial charge in [-0.15, -0.1) is 0 Å².